The van der Waals surface area contributed by atoms with Crippen LogP contribution in [0.3, 0.4) is 0 Å². The molecule has 0 radical (unpaired) electrons. The zero-order valence-electron chi connectivity index (χ0n) is 10.4. The van der Waals surface area contributed by atoms with Crippen LogP contribution < -0.4 is 0 Å². The normalized spacial score (nSPS) is 19.9. The van der Waals surface area contributed by atoms with E-state index in [2.05, 4.69) is 0 Å². The molecule has 1 unspecified atom stereocenters. The van der Waals surface area contributed by atoms with E-state index in [0.717, 1.165) is 4.31 Å². The number of rotatable bonds is 4. The minimum atomic E-state index is -3.77. The fourth-order valence-electron chi connectivity index (χ4n) is 2.07. The van der Waals surface area contributed by atoms with Crippen molar-refractivity contribution in [2.75, 3.05) is 13.1 Å². The van der Waals surface area contributed by atoms with Crippen molar-refractivity contribution in [2.24, 2.45) is 5.92 Å². The van der Waals surface area contributed by atoms with Gasteiger partial charge in [0.05, 0.1) is 16.4 Å². The number of benzene rings is 1. The monoisotopic (exact) mass is 299 g/mol. The lowest BCUT2D eigenvalue weighted by molar-refractivity contribution is -0.141. The summed E-state index contributed by atoms with van der Waals surface area (Å²) < 4.78 is 25.7. The molecule has 1 saturated heterocycles. The van der Waals surface area contributed by atoms with Gasteiger partial charge in [-0.3, -0.25) is 4.79 Å². The molecule has 20 heavy (non-hydrogen) atoms. The molecule has 0 saturated carbocycles. The van der Waals surface area contributed by atoms with E-state index in [1.54, 1.807) is 0 Å². The average Bonchev–Trinajstić information content (AvgIpc) is 2.89. The molecular formula is C12H13NO6S. The third-order valence-electron chi connectivity index (χ3n) is 3.24. The maximum atomic E-state index is 12.3. The Morgan fingerprint density at radius 3 is 2.20 bits per heavy atom. The van der Waals surface area contributed by atoms with Crippen LogP contribution in [0.15, 0.2) is 29.2 Å². The lowest BCUT2D eigenvalue weighted by Gasteiger charge is -2.15. The second-order valence-corrected chi connectivity index (χ2v) is 6.45. The molecular weight excluding hydrogens is 286 g/mol. The molecule has 1 atom stereocenters. The highest BCUT2D eigenvalue weighted by Gasteiger charge is 2.35. The average molecular weight is 299 g/mol. The van der Waals surface area contributed by atoms with E-state index in [1.165, 1.54) is 24.3 Å². The van der Waals surface area contributed by atoms with Crippen LogP contribution in [-0.2, 0) is 14.8 Å². The summed E-state index contributed by atoms with van der Waals surface area (Å²) in [5.41, 5.74) is -0.00576. The van der Waals surface area contributed by atoms with Gasteiger partial charge >= 0.3 is 11.9 Å². The van der Waals surface area contributed by atoms with Gasteiger partial charge < -0.3 is 10.2 Å². The van der Waals surface area contributed by atoms with E-state index >= 15 is 0 Å². The zero-order chi connectivity index (χ0) is 14.9. The molecule has 1 aromatic rings. The highest BCUT2D eigenvalue weighted by atomic mass is 32.2. The third kappa shape index (κ3) is 2.66. The first kappa shape index (κ1) is 14.5. The predicted octanol–water partition coefficient (Wildman–Crippen LogP) is 0.480. The number of nitrogens with zero attached hydrogens (tertiary/aromatic N) is 1. The van der Waals surface area contributed by atoms with Crippen LogP contribution in [0, 0.1) is 5.92 Å². The van der Waals surface area contributed by atoms with Gasteiger partial charge in [-0.05, 0) is 30.7 Å². The van der Waals surface area contributed by atoms with Gasteiger partial charge in [-0.1, -0.05) is 0 Å². The number of hydrogen-bond acceptors (Lipinski definition) is 4. The van der Waals surface area contributed by atoms with E-state index in [4.69, 9.17) is 10.2 Å². The fraction of sp³-hybridized carbons (Fsp3) is 0.333. The van der Waals surface area contributed by atoms with Crippen molar-refractivity contribution >= 4 is 22.0 Å². The van der Waals surface area contributed by atoms with Crippen molar-refractivity contribution < 1.29 is 28.2 Å². The van der Waals surface area contributed by atoms with E-state index in [9.17, 15) is 18.0 Å². The van der Waals surface area contributed by atoms with Crippen molar-refractivity contribution in [1.29, 1.82) is 0 Å². The number of carboxylic acid groups (broad SMARTS) is 2. The van der Waals surface area contributed by atoms with Crippen LogP contribution >= 0.6 is 0 Å². The van der Waals surface area contributed by atoms with Crippen LogP contribution in [-0.4, -0.2) is 48.0 Å². The molecule has 1 aromatic carbocycles. The topological polar surface area (TPSA) is 112 Å². The number of aromatic carboxylic acids is 1. The largest absolute Gasteiger partial charge is 0.481 e. The summed E-state index contributed by atoms with van der Waals surface area (Å²) in [6.07, 6.45) is 0.280. The van der Waals surface area contributed by atoms with Gasteiger partial charge in [0.1, 0.15) is 0 Å². The van der Waals surface area contributed by atoms with Gasteiger partial charge in [-0.2, -0.15) is 4.31 Å². The number of aliphatic carboxylic acids is 1. The van der Waals surface area contributed by atoms with Crippen molar-refractivity contribution in [3.63, 3.8) is 0 Å². The Balaban J connectivity index is 2.23. The molecule has 1 heterocycles. The van der Waals surface area contributed by atoms with Crippen molar-refractivity contribution in [3.05, 3.63) is 29.8 Å². The number of sulfonamides is 1. The van der Waals surface area contributed by atoms with Gasteiger partial charge in [-0.15, -0.1) is 0 Å². The summed E-state index contributed by atoms with van der Waals surface area (Å²) in [5.74, 6) is -2.84. The Morgan fingerprint density at radius 1 is 1.15 bits per heavy atom. The predicted molar refractivity (Wildman–Crippen MR) is 67.9 cm³/mol. The highest BCUT2D eigenvalue weighted by molar-refractivity contribution is 7.89. The minimum Gasteiger partial charge on any atom is -0.481 e. The molecule has 1 fully saturated rings. The van der Waals surface area contributed by atoms with Gasteiger partial charge in [0.15, 0.2) is 0 Å². The summed E-state index contributed by atoms with van der Waals surface area (Å²) in [5, 5.41) is 17.6. The summed E-state index contributed by atoms with van der Waals surface area (Å²) >= 11 is 0. The van der Waals surface area contributed by atoms with Crippen LogP contribution in [0.5, 0.6) is 0 Å². The second kappa shape index (κ2) is 5.22. The zero-order valence-corrected chi connectivity index (χ0v) is 11.2. The highest BCUT2D eigenvalue weighted by Crippen LogP contribution is 2.24. The van der Waals surface area contributed by atoms with Crippen LogP contribution in [0.25, 0.3) is 0 Å². The Bertz CT molecular complexity index is 636. The molecule has 0 spiro atoms. The summed E-state index contributed by atoms with van der Waals surface area (Å²) in [6, 6.07) is 4.85. The molecule has 0 bridgehead atoms. The van der Waals surface area contributed by atoms with Gasteiger partial charge in [0.2, 0.25) is 10.0 Å². The standard InChI is InChI=1S/C12H13NO6S/c14-11(15)8-1-3-10(4-2-8)20(18,19)13-6-5-9(7-13)12(16)17/h1-4,9H,5-7H2,(H,14,15)(H,16,17). The molecule has 7 nitrogen and oxygen atoms in total. The maximum absolute atomic E-state index is 12.3. The van der Waals surface area contributed by atoms with Gasteiger partial charge in [0, 0.05) is 13.1 Å². The fourth-order valence-corrected chi connectivity index (χ4v) is 3.57. The van der Waals surface area contributed by atoms with Crippen LogP contribution in [0.2, 0.25) is 0 Å². The van der Waals surface area contributed by atoms with E-state index in [-0.39, 0.29) is 30.0 Å². The molecule has 2 rings (SSSR count). The van der Waals surface area contributed by atoms with Gasteiger partial charge in [-0.25, -0.2) is 13.2 Å². The summed E-state index contributed by atoms with van der Waals surface area (Å²) in [7, 11) is -3.77. The molecule has 0 aromatic heterocycles. The van der Waals surface area contributed by atoms with Crippen molar-refractivity contribution in [2.45, 2.75) is 11.3 Å². The molecule has 1 aliphatic rings. The number of carbonyl (C=O) groups is 2. The lowest BCUT2D eigenvalue weighted by atomic mass is 10.1. The van der Waals surface area contributed by atoms with E-state index in [0.29, 0.717) is 0 Å². The lowest BCUT2D eigenvalue weighted by Crippen LogP contribution is -2.30. The van der Waals surface area contributed by atoms with Gasteiger partial charge in [0.25, 0.3) is 0 Å². The van der Waals surface area contributed by atoms with Crippen molar-refractivity contribution in [1.82, 2.24) is 4.31 Å². The molecule has 1 aliphatic heterocycles. The smallest absolute Gasteiger partial charge is 0.335 e. The SMILES string of the molecule is O=C(O)c1ccc(S(=O)(=O)N2CCC(C(=O)O)C2)cc1. The Labute approximate surface area is 115 Å². The minimum absolute atomic E-state index is 0.00576. The van der Waals surface area contributed by atoms with Crippen LogP contribution in [0.4, 0.5) is 0 Å². The quantitative estimate of drug-likeness (QED) is 0.836. The van der Waals surface area contributed by atoms with E-state index in [1.807, 2.05) is 0 Å². The molecule has 8 heteroatoms. The molecule has 2 N–H and O–H groups in total. The Kier molecular flexibility index (Phi) is 3.78. The summed E-state index contributed by atoms with van der Waals surface area (Å²) in [4.78, 5) is 21.5. The molecule has 0 aliphatic carbocycles. The number of hydrogen-bond donors (Lipinski definition) is 2. The van der Waals surface area contributed by atoms with Crippen LogP contribution in [0.1, 0.15) is 16.8 Å². The Morgan fingerprint density at radius 2 is 1.75 bits per heavy atom. The molecule has 108 valence electrons. The van der Waals surface area contributed by atoms with E-state index < -0.39 is 27.9 Å². The third-order valence-corrected chi connectivity index (χ3v) is 5.12. The summed E-state index contributed by atoms with van der Waals surface area (Å²) in [6.45, 7) is 0.0956. The van der Waals surface area contributed by atoms with Crippen molar-refractivity contribution in [3.8, 4) is 0 Å². The Hall–Kier alpha value is -1.93. The number of carboxylic acids is 2. The first-order chi connectivity index (χ1) is 9.32. The molecule has 0 amide bonds. The maximum Gasteiger partial charge on any atom is 0.335 e. The second-order valence-electron chi connectivity index (χ2n) is 4.52. The first-order valence-electron chi connectivity index (χ1n) is 5.88. The first-order valence-corrected chi connectivity index (χ1v) is 7.32.